The highest BCUT2D eigenvalue weighted by atomic mass is 32.2. The Balaban J connectivity index is 1.58. The number of unbranched alkanes of at least 4 members (excludes halogenated alkanes) is 2. The van der Waals surface area contributed by atoms with Gasteiger partial charge in [-0.1, -0.05) is 74.5 Å². The fourth-order valence-electron chi connectivity index (χ4n) is 3.70. The Bertz CT molecular complexity index is 905. The second kappa shape index (κ2) is 9.80. The van der Waals surface area contributed by atoms with E-state index in [1.165, 1.54) is 21.2 Å². The molecule has 0 atom stereocenters. The number of thioether (sulfide) groups is 2. The van der Waals surface area contributed by atoms with Gasteiger partial charge in [0.2, 0.25) is 0 Å². The molecule has 0 bridgehead atoms. The number of para-hydroxylation sites is 2. The van der Waals surface area contributed by atoms with Gasteiger partial charge in [-0.25, -0.2) is 0 Å². The zero-order valence-corrected chi connectivity index (χ0v) is 19.3. The predicted molar refractivity (Wildman–Crippen MR) is 130 cm³/mol. The number of benzene rings is 2. The number of fused-ring (bicyclic) bond motifs is 2. The summed E-state index contributed by atoms with van der Waals surface area (Å²) < 4.78 is 0. The predicted octanol–water partition coefficient (Wildman–Crippen LogP) is 7.06. The zero-order chi connectivity index (χ0) is 20.9. The molecule has 30 heavy (non-hydrogen) atoms. The number of carbonyl (C=O) groups excluding carboxylic acids is 1. The van der Waals surface area contributed by atoms with Crippen LogP contribution in [-0.2, 0) is 4.79 Å². The van der Waals surface area contributed by atoms with E-state index >= 15 is 0 Å². The Labute approximate surface area is 188 Å². The number of ketones is 1. The number of hydrogen-bond acceptors (Lipinski definition) is 5. The van der Waals surface area contributed by atoms with E-state index in [1.54, 1.807) is 23.5 Å². The molecule has 2 heterocycles. The fraction of sp³-hybridized carbons (Fsp3) is 0.320. The summed E-state index contributed by atoms with van der Waals surface area (Å²) in [6, 6.07) is 16.8. The van der Waals surface area contributed by atoms with Gasteiger partial charge in [0.15, 0.2) is 5.78 Å². The molecule has 0 fully saturated rings. The lowest BCUT2D eigenvalue weighted by Gasteiger charge is -2.20. The number of rotatable bonds is 8. The van der Waals surface area contributed by atoms with Crippen LogP contribution in [0, 0.1) is 0 Å². The van der Waals surface area contributed by atoms with Crippen LogP contribution in [0.2, 0.25) is 0 Å². The molecule has 2 aliphatic rings. The molecule has 0 saturated heterocycles. The lowest BCUT2D eigenvalue weighted by atomic mass is 10.2. The van der Waals surface area contributed by atoms with Crippen LogP contribution in [0.25, 0.3) is 0 Å². The molecule has 0 radical (unpaired) electrons. The van der Waals surface area contributed by atoms with Crippen molar-refractivity contribution in [3.8, 4) is 0 Å². The second-order valence-electron chi connectivity index (χ2n) is 7.52. The van der Waals surface area contributed by atoms with E-state index < -0.39 is 0 Å². The Morgan fingerprint density at radius 2 is 1.20 bits per heavy atom. The molecule has 0 spiro atoms. The first kappa shape index (κ1) is 21.1. The normalized spacial score (nSPS) is 17.7. The van der Waals surface area contributed by atoms with Gasteiger partial charge in [-0.2, -0.15) is 0 Å². The van der Waals surface area contributed by atoms with Crippen molar-refractivity contribution in [1.29, 1.82) is 0 Å². The van der Waals surface area contributed by atoms with Gasteiger partial charge in [-0.15, -0.1) is 0 Å². The van der Waals surface area contributed by atoms with Gasteiger partial charge in [0.25, 0.3) is 0 Å². The average Bonchev–Trinajstić information content (AvgIpc) is 3.27. The number of hydrogen-bond donors (Lipinski definition) is 0. The van der Waals surface area contributed by atoms with Crippen LogP contribution in [-0.4, -0.2) is 18.9 Å². The van der Waals surface area contributed by atoms with E-state index in [4.69, 9.17) is 0 Å². The summed E-state index contributed by atoms with van der Waals surface area (Å²) in [5.74, 6) is 0.0589. The third kappa shape index (κ3) is 4.47. The van der Waals surface area contributed by atoms with Crippen molar-refractivity contribution in [3.63, 3.8) is 0 Å². The largest absolute Gasteiger partial charge is 0.335 e. The van der Waals surface area contributed by atoms with Gasteiger partial charge in [0.1, 0.15) is 0 Å². The Morgan fingerprint density at radius 3 is 1.63 bits per heavy atom. The van der Waals surface area contributed by atoms with E-state index in [1.807, 2.05) is 12.2 Å². The van der Waals surface area contributed by atoms with Crippen molar-refractivity contribution in [2.75, 3.05) is 22.9 Å². The van der Waals surface area contributed by atoms with Gasteiger partial charge in [0, 0.05) is 35.0 Å². The number of carbonyl (C=O) groups is 1. The Morgan fingerprint density at radius 1 is 0.767 bits per heavy atom. The van der Waals surface area contributed by atoms with Gasteiger partial charge in [0.05, 0.1) is 21.4 Å². The van der Waals surface area contributed by atoms with Crippen molar-refractivity contribution in [3.05, 3.63) is 70.7 Å². The minimum Gasteiger partial charge on any atom is -0.335 e. The molecule has 4 rings (SSSR count). The van der Waals surface area contributed by atoms with E-state index in [2.05, 4.69) is 72.2 Å². The standard InChI is InChI=1S/C25H28N2OS2/c1-3-5-15-26-20-11-7-9-13-22(20)29-24(26)17-19(28)18-25-27(16-6-4-2)21-12-8-10-14-23(21)30-25/h7-14,17-18H,3-6,15-16H2,1-2H3. The topological polar surface area (TPSA) is 23.6 Å². The summed E-state index contributed by atoms with van der Waals surface area (Å²) in [7, 11) is 0. The monoisotopic (exact) mass is 436 g/mol. The molecule has 0 N–H and O–H groups in total. The summed E-state index contributed by atoms with van der Waals surface area (Å²) >= 11 is 3.40. The highest BCUT2D eigenvalue weighted by molar-refractivity contribution is 8.04. The van der Waals surface area contributed by atoms with Crippen LogP contribution in [0.4, 0.5) is 11.4 Å². The molecule has 0 aliphatic carbocycles. The molecule has 2 aliphatic heterocycles. The molecular weight excluding hydrogens is 408 g/mol. The van der Waals surface area contributed by atoms with E-state index in [9.17, 15) is 4.79 Å². The Hall–Kier alpha value is -2.11. The van der Waals surface area contributed by atoms with Gasteiger partial charge in [-0.3, -0.25) is 4.79 Å². The summed E-state index contributed by atoms with van der Waals surface area (Å²) in [6.45, 7) is 6.29. The van der Waals surface area contributed by atoms with Crippen LogP contribution in [0.15, 0.2) is 80.5 Å². The van der Waals surface area contributed by atoms with Crippen LogP contribution < -0.4 is 9.80 Å². The zero-order valence-electron chi connectivity index (χ0n) is 17.6. The molecule has 0 amide bonds. The van der Waals surface area contributed by atoms with Crippen LogP contribution in [0.3, 0.4) is 0 Å². The van der Waals surface area contributed by atoms with Crippen LogP contribution in [0.1, 0.15) is 39.5 Å². The van der Waals surface area contributed by atoms with Crippen molar-refractivity contribution in [1.82, 2.24) is 0 Å². The number of nitrogens with zero attached hydrogens (tertiary/aromatic N) is 2. The number of anilines is 2. The van der Waals surface area contributed by atoms with Crippen LogP contribution in [0.5, 0.6) is 0 Å². The van der Waals surface area contributed by atoms with Crippen molar-refractivity contribution in [2.24, 2.45) is 0 Å². The third-order valence-electron chi connectivity index (χ3n) is 5.28. The average molecular weight is 437 g/mol. The summed E-state index contributed by atoms with van der Waals surface area (Å²) in [6.07, 6.45) is 8.12. The first-order valence-corrected chi connectivity index (χ1v) is 12.4. The SMILES string of the molecule is CCCCN1C(=CC(=O)C=C2Sc3ccccc3N2CCCC)Sc2ccccc21. The van der Waals surface area contributed by atoms with Gasteiger partial charge < -0.3 is 9.80 Å². The maximum Gasteiger partial charge on any atom is 0.183 e. The van der Waals surface area contributed by atoms with E-state index in [0.717, 1.165) is 48.8 Å². The maximum atomic E-state index is 13.1. The van der Waals surface area contributed by atoms with Crippen molar-refractivity contribution >= 4 is 40.7 Å². The molecule has 0 unspecified atom stereocenters. The van der Waals surface area contributed by atoms with Crippen LogP contribution >= 0.6 is 23.5 Å². The third-order valence-corrected chi connectivity index (χ3v) is 7.50. The lowest BCUT2D eigenvalue weighted by molar-refractivity contribution is -0.110. The highest BCUT2D eigenvalue weighted by Gasteiger charge is 2.27. The molecule has 156 valence electrons. The number of allylic oxidation sites excluding steroid dienone is 2. The maximum absolute atomic E-state index is 13.1. The molecule has 2 aromatic carbocycles. The minimum absolute atomic E-state index is 0.0589. The Kier molecular flexibility index (Phi) is 6.90. The first-order chi connectivity index (χ1) is 14.7. The molecule has 0 aromatic heterocycles. The van der Waals surface area contributed by atoms with Gasteiger partial charge in [-0.05, 0) is 37.1 Å². The molecule has 0 saturated carbocycles. The summed E-state index contributed by atoms with van der Waals surface area (Å²) in [5.41, 5.74) is 2.43. The second-order valence-corrected chi connectivity index (χ2v) is 9.64. The fourth-order valence-corrected chi connectivity index (χ4v) is 5.96. The first-order valence-electron chi connectivity index (χ1n) is 10.8. The smallest absolute Gasteiger partial charge is 0.183 e. The summed E-state index contributed by atoms with van der Waals surface area (Å²) in [4.78, 5) is 20.1. The van der Waals surface area contributed by atoms with E-state index in [-0.39, 0.29) is 5.78 Å². The molecule has 2 aromatic rings. The van der Waals surface area contributed by atoms with Crippen molar-refractivity contribution < 1.29 is 4.79 Å². The van der Waals surface area contributed by atoms with E-state index in [0.29, 0.717) is 0 Å². The van der Waals surface area contributed by atoms with Gasteiger partial charge >= 0.3 is 0 Å². The van der Waals surface area contributed by atoms with Crippen molar-refractivity contribution in [2.45, 2.75) is 49.3 Å². The lowest BCUT2D eigenvalue weighted by Crippen LogP contribution is -2.20. The molecule has 5 heteroatoms. The molecular formula is C25H28N2OS2. The minimum atomic E-state index is 0.0589. The summed E-state index contributed by atoms with van der Waals surface area (Å²) in [5, 5.41) is 2.07. The highest BCUT2D eigenvalue weighted by Crippen LogP contribution is 2.47. The quantitative estimate of drug-likeness (QED) is 0.412. The molecule has 3 nitrogen and oxygen atoms in total.